The molecule has 0 saturated carbocycles. The molecule has 1 amide bonds. The van der Waals surface area contributed by atoms with Gasteiger partial charge in [-0.2, -0.15) is 0 Å². The van der Waals surface area contributed by atoms with Gasteiger partial charge in [0.05, 0.1) is 11.8 Å². The lowest BCUT2D eigenvalue weighted by atomic mass is 10.2. The Balaban J connectivity index is 3.89. The van der Waals surface area contributed by atoms with Crippen LogP contribution in [0.15, 0.2) is 0 Å². The Morgan fingerprint density at radius 3 is 2.36 bits per heavy atom. The van der Waals surface area contributed by atoms with Crippen molar-refractivity contribution in [1.29, 1.82) is 0 Å². The van der Waals surface area contributed by atoms with Crippen LogP contribution in [-0.2, 0) is 14.6 Å². The van der Waals surface area contributed by atoms with Crippen molar-refractivity contribution in [2.75, 3.05) is 18.1 Å². The molecule has 14 heavy (non-hydrogen) atoms. The van der Waals surface area contributed by atoms with E-state index in [1.165, 1.54) is 0 Å². The maximum atomic E-state index is 11.1. The summed E-state index contributed by atoms with van der Waals surface area (Å²) >= 11 is 0. The Kier molecular flexibility index (Phi) is 5.71. The van der Waals surface area contributed by atoms with Crippen molar-refractivity contribution < 1.29 is 13.2 Å². The van der Waals surface area contributed by atoms with Crippen molar-refractivity contribution in [3.05, 3.63) is 0 Å². The molecule has 0 spiro atoms. The molecule has 0 aromatic heterocycles. The number of amides is 1. The molecule has 0 heterocycles. The second-order valence-corrected chi connectivity index (χ2v) is 5.53. The van der Waals surface area contributed by atoms with E-state index in [1.54, 1.807) is 6.92 Å². The molecule has 6 heteroatoms. The first-order valence-corrected chi connectivity index (χ1v) is 6.48. The minimum Gasteiger partial charge on any atom is -0.368 e. The Labute approximate surface area is 85.0 Å². The zero-order valence-corrected chi connectivity index (χ0v) is 9.43. The molecule has 5 nitrogen and oxygen atoms in total. The van der Waals surface area contributed by atoms with Crippen molar-refractivity contribution in [3.8, 4) is 0 Å². The predicted molar refractivity (Wildman–Crippen MR) is 55.6 cm³/mol. The van der Waals surface area contributed by atoms with Crippen molar-refractivity contribution in [3.63, 3.8) is 0 Å². The summed E-state index contributed by atoms with van der Waals surface area (Å²) in [6.07, 6.45) is 0.571. The van der Waals surface area contributed by atoms with Crippen molar-refractivity contribution in [1.82, 2.24) is 5.32 Å². The number of sulfone groups is 1. The Morgan fingerprint density at radius 1 is 1.43 bits per heavy atom. The van der Waals surface area contributed by atoms with E-state index < -0.39 is 21.8 Å². The normalized spacial score (nSPS) is 13.9. The molecule has 0 aromatic carbocycles. The first-order chi connectivity index (χ1) is 6.43. The molecule has 3 N–H and O–H groups in total. The van der Waals surface area contributed by atoms with Gasteiger partial charge in [0, 0.05) is 12.3 Å². The Hall–Kier alpha value is -0.620. The second-order valence-electron chi connectivity index (χ2n) is 3.05. The van der Waals surface area contributed by atoms with Crippen LogP contribution in [0.1, 0.15) is 20.3 Å². The van der Waals surface area contributed by atoms with Gasteiger partial charge in [0.1, 0.15) is 0 Å². The Bertz CT molecular complexity index is 274. The molecule has 0 radical (unpaired) electrons. The number of carbonyl (C=O) groups is 1. The van der Waals surface area contributed by atoms with Crippen molar-refractivity contribution in [2.24, 2.45) is 5.73 Å². The van der Waals surface area contributed by atoms with E-state index in [9.17, 15) is 13.2 Å². The van der Waals surface area contributed by atoms with Gasteiger partial charge < -0.3 is 11.1 Å². The van der Waals surface area contributed by atoms with Gasteiger partial charge in [-0.3, -0.25) is 4.79 Å². The summed E-state index contributed by atoms with van der Waals surface area (Å²) in [5.74, 6) is -0.267. The summed E-state index contributed by atoms with van der Waals surface area (Å²) in [4.78, 5) is 10.8. The zero-order chi connectivity index (χ0) is 11.2. The third-order valence-corrected chi connectivity index (χ3v) is 3.70. The van der Waals surface area contributed by atoms with E-state index in [2.05, 4.69) is 5.32 Å². The molecule has 1 unspecified atom stereocenters. The van der Waals surface area contributed by atoms with Crippen molar-refractivity contribution in [2.45, 2.75) is 26.3 Å². The first-order valence-electron chi connectivity index (χ1n) is 4.66. The van der Waals surface area contributed by atoms with Gasteiger partial charge >= 0.3 is 0 Å². The predicted octanol–water partition coefficient (Wildman–Crippen LogP) is -0.725. The van der Waals surface area contributed by atoms with E-state index >= 15 is 0 Å². The monoisotopic (exact) mass is 222 g/mol. The second kappa shape index (κ2) is 5.98. The fraction of sp³-hybridized carbons (Fsp3) is 0.875. The van der Waals surface area contributed by atoms with Gasteiger partial charge in [0.25, 0.3) is 0 Å². The minimum atomic E-state index is -2.96. The van der Waals surface area contributed by atoms with Crippen LogP contribution in [0.3, 0.4) is 0 Å². The van der Waals surface area contributed by atoms with E-state index in [4.69, 9.17) is 5.73 Å². The molecule has 0 aromatic rings. The quantitative estimate of drug-likeness (QED) is 0.594. The first kappa shape index (κ1) is 13.4. The number of carbonyl (C=O) groups excluding carboxylic acids is 1. The highest BCUT2D eigenvalue weighted by molar-refractivity contribution is 7.91. The van der Waals surface area contributed by atoms with Crippen LogP contribution in [0.2, 0.25) is 0 Å². The fourth-order valence-corrected chi connectivity index (χ4v) is 1.70. The van der Waals surface area contributed by atoms with Crippen LogP contribution in [0, 0.1) is 0 Å². The molecule has 1 atom stereocenters. The standard InChI is InChI=1S/C8H18N2O3S/c1-3-7(8(9)11)10-5-6-14(12,13)4-2/h7,10H,3-6H2,1-2H3,(H2,9,11). The largest absolute Gasteiger partial charge is 0.368 e. The maximum absolute atomic E-state index is 11.1. The van der Waals surface area contributed by atoms with E-state index in [0.717, 1.165) is 0 Å². The third kappa shape index (κ3) is 5.18. The third-order valence-electron chi connectivity index (χ3n) is 2.00. The van der Waals surface area contributed by atoms with Crippen molar-refractivity contribution >= 4 is 15.7 Å². The van der Waals surface area contributed by atoms with Crippen LogP contribution in [0.4, 0.5) is 0 Å². The number of rotatable bonds is 7. The lowest BCUT2D eigenvalue weighted by molar-refractivity contribution is -0.120. The molecule has 0 aliphatic carbocycles. The molecule has 84 valence electrons. The van der Waals surface area contributed by atoms with Crippen LogP contribution < -0.4 is 11.1 Å². The molecule has 0 fully saturated rings. The van der Waals surface area contributed by atoms with Crippen LogP contribution in [0.25, 0.3) is 0 Å². The smallest absolute Gasteiger partial charge is 0.234 e. The number of hydrogen-bond donors (Lipinski definition) is 2. The highest BCUT2D eigenvalue weighted by Crippen LogP contribution is 1.91. The summed E-state index contributed by atoms with van der Waals surface area (Å²) in [7, 11) is -2.96. The van der Waals surface area contributed by atoms with E-state index in [-0.39, 0.29) is 18.1 Å². The van der Waals surface area contributed by atoms with Crippen LogP contribution >= 0.6 is 0 Å². The highest BCUT2D eigenvalue weighted by atomic mass is 32.2. The zero-order valence-electron chi connectivity index (χ0n) is 8.62. The highest BCUT2D eigenvalue weighted by Gasteiger charge is 2.13. The molecule has 0 rings (SSSR count). The molecular weight excluding hydrogens is 204 g/mol. The fourth-order valence-electron chi connectivity index (χ4n) is 0.979. The molecular formula is C8H18N2O3S. The minimum absolute atomic E-state index is 0.0489. The lowest BCUT2D eigenvalue weighted by Crippen LogP contribution is -2.42. The molecule has 0 saturated heterocycles. The van der Waals surface area contributed by atoms with Gasteiger partial charge in [0.2, 0.25) is 5.91 Å². The van der Waals surface area contributed by atoms with Gasteiger partial charge in [-0.05, 0) is 6.42 Å². The molecule has 0 aliphatic heterocycles. The lowest BCUT2D eigenvalue weighted by Gasteiger charge is -2.12. The summed E-state index contributed by atoms with van der Waals surface area (Å²) in [6, 6.07) is -0.429. The molecule has 0 aliphatic rings. The van der Waals surface area contributed by atoms with Gasteiger partial charge in [-0.25, -0.2) is 8.42 Å². The van der Waals surface area contributed by atoms with Gasteiger partial charge in [-0.15, -0.1) is 0 Å². The Morgan fingerprint density at radius 2 is 2.00 bits per heavy atom. The maximum Gasteiger partial charge on any atom is 0.234 e. The van der Waals surface area contributed by atoms with Gasteiger partial charge in [0.15, 0.2) is 9.84 Å². The van der Waals surface area contributed by atoms with Gasteiger partial charge in [-0.1, -0.05) is 13.8 Å². The summed E-state index contributed by atoms with van der Waals surface area (Å²) in [6.45, 7) is 3.69. The topological polar surface area (TPSA) is 89.3 Å². The van der Waals surface area contributed by atoms with Crippen LogP contribution in [0.5, 0.6) is 0 Å². The average Bonchev–Trinajstić information content (AvgIpc) is 2.12. The number of primary amides is 1. The number of hydrogen-bond acceptors (Lipinski definition) is 4. The average molecular weight is 222 g/mol. The molecule has 0 bridgehead atoms. The van der Waals surface area contributed by atoms with E-state index in [0.29, 0.717) is 6.42 Å². The SMILES string of the molecule is CCC(NCCS(=O)(=O)CC)C(N)=O. The number of nitrogens with one attached hydrogen (secondary N) is 1. The summed E-state index contributed by atoms with van der Waals surface area (Å²) in [5.41, 5.74) is 5.08. The summed E-state index contributed by atoms with van der Waals surface area (Å²) in [5, 5.41) is 2.81. The summed E-state index contributed by atoms with van der Waals surface area (Å²) < 4.78 is 22.2. The van der Waals surface area contributed by atoms with E-state index in [1.807, 2.05) is 6.92 Å². The number of nitrogens with two attached hydrogens (primary N) is 1. The van der Waals surface area contributed by atoms with Crippen LogP contribution in [-0.4, -0.2) is 38.4 Å².